The lowest BCUT2D eigenvalue weighted by molar-refractivity contribution is -0.137. The number of carbonyl (C=O) groups excluding carboxylic acids is 2. The van der Waals surface area contributed by atoms with Crippen LogP contribution in [0.1, 0.15) is 36.1 Å². The number of ether oxygens (including phenoxy) is 1. The molecule has 0 unspecified atom stereocenters. The standard InChI is InChI=1S/C38H43F4N5O4S/c1-4-45(5-2)20-21-46(22-27-6-10-29(11-7-27)30-12-14-32(15-13-30)38(40,41)42)35(49)24-47-23-31(18-19-43-34(48)25-51-3)36(50)44-37(47)52-26-28-8-16-33(39)17-9-28/h6-17,23H,4-5,18-22,24-26H2,1-3H3,(H,43,48). The van der Waals surface area contributed by atoms with Crippen molar-refractivity contribution in [3.8, 4) is 11.1 Å². The van der Waals surface area contributed by atoms with Gasteiger partial charge in [-0.1, -0.05) is 74.1 Å². The molecule has 4 rings (SSSR count). The Hall–Kier alpha value is -4.53. The van der Waals surface area contributed by atoms with Crippen molar-refractivity contribution in [2.75, 3.05) is 46.4 Å². The fourth-order valence-electron chi connectivity index (χ4n) is 5.38. The molecule has 0 aliphatic rings. The van der Waals surface area contributed by atoms with Crippen LogP contribution in [0.2, 0.25) is 0 Å². The first-order valence-corrected chi connectivity index (χ1v) is 17.9. The number of hydrogen-bond donors (Lipinski definition) is 1. The van der Waals surface area contributed by atoms with Crippen molar-refractivity contribution >= 4 is 23.6 Å². The molecule has 52 heavy (non-hydrogen) atoms. The first-order valence-electron chi connectivity index (χ1n) is 16.9. The SMILES string of the molecule is CCN(CC)CCN(Cc1ccc(-c2ccc(C(F)(F)F)cc2)cc1)C(=O)Cn1cc(CCNC(=O)COC)c(=O)nc1SCc1ccc(F)cc1. The summed E-state index contributed by atoms with van der Waals surface area (Å²) in [5.74, 6) is -0.527. The molecular formula is C38H43F4N5O4S. The van der Waals surface area contributed by atoms with Gasteiger partial charge in [0.1, 0.15) is 19.0 Å². The van der Waals surface area contributed by atoms with Crippen molar-refractivity contribution in [1.29, 1.82) is 0 Å². The van der Waals surface area contributed by atoms with E-state index in [0.717, 1.165) is 41.9 Å². The summed E-state index contributed by atoms with van der Waals surface area (Å²) in [6.07, 6.45) is -2.63. The third-order valence-electron chi connectivity index (χ3n) is 8.41. The molecule has 0 aliphatic carbocycles. The van der Waals surface area contributed by atoms with Crippen LogP contribution in [-0.4, -0.2) is 77.6 Å². The van der Waals surface area contributed by atoms with Crippen molar-refractivity contribution in [2.45, 2.75) is 50.4 Å². The fourth-order valence-corrected chi connectivity index (χ4v) is 6.30. The molecule has 3 aromatic carbocycles. The highest BCUT2D eigenvalue weighted by atomic mass is 32.2. The second-order valence-corrected chi connectivity index (χ2v) is 13.0. The minimum absolute atomic E-state index is 0.114. The first kappa shape index (κ1) is 40.2. The molecule has 0 saturated carbocycles. The Morgan fingerprint density at radius 1 is 0.904 bits per heavy atom. The molecule has 9 nitrogen and oxygen atoms in total. The van der Waals surface area contributed by atoms with Crippen LogP contribution in [-0.2, 0) is 45.8 Å². The second kappa shape index (κ2) is 19.3. The smallest absolute Gasteiger partial charge is 0.375 e. The Morgan fingerprint density at radius 2 is 1.52 bits per heavy atom. The summed E-state index contributed by atoms with van der Waals surface area (Å²) in [7, 11) is 1.41. The molecule has 1 heterocycles. The maximum Gasteiger partial charge on any atom is 0.416 e. The molecule has 0 atom stereocenters. The summed E-state index contributed by atoms with van der Waals surface area (Å²) in [4.78, 5) is 47.3. The summed E-state index contributed by atoms with van der Waals surface area (Å²) in [6.45, 7) is 6.97. The zero-order valence-electron chi connectivity index (χ0n) is 29.4. The van der Waals surface area contributed by atoms with Gasteiger partial charge in [-0.25, -0.2) is 4.39 Å². The van der Waals surface area contributed by atoms with Gasteiger partial charge in [0.05, 0.1) is 5.56 Å². The number of alkyl halides is 3. The van der Waals surface area contributed by atoms with Gasteiger partial charge in [0.2, 0.25) is 11.8 Å². The van der Waals surface area contributed by atoms with E-state index < -0.39 is 17.3 Å². The molecule has 0 saturated heterocycles. The summed E-state index contributed by atoms with van der Waals surface area (Å²) in [5.41, 5.74) is 2.16. The van der Waals surface area contributed by atoms with Crippen LogP contribution in [0.3, 0.4) is 0 Å². The molecule has 0 spiro atoms. The maximum atomic E-state index is 14.1. The van der Waals surface area contributed by atoms with Crippen molar-refractivity contribution in [3.05, 3.63) is 117 Å². The molecular weight excluding hydrogens is 699 g/mol. The number of aromatic nitrogens is 2. The lowest BCUT2D eigenvalue weighted by Gasteiger charge is -2.27. The van der Waals surface area contributed by atoms with Crippen LogP contribution < -0.4 is 10.9 Å². The third kappa shape index (κ3) is 12.0. The number of nitrogens with zero attached hydrogens (tertiary/aromatic N) is 4. The highest BCUT2D eigenvalue weighted by Gasteiger charge is 2.30. The highest BCUT2D eigenvalue weighted by Crippen LogP contribution is 2.31. The number of carbonyl (C=O) groups is 2. The van der Waals surface area contributed by atoms with Gasteiger partial charge < -0.3 is 24.4 Å². The molecule has 1 N–H and O–H groups in total. The van der Waals surface area contributed by atoms with E-state index in [-0.39, 0.29) is 50.3 Å². The van der Waals surface area contributed by atoms with Gasteiger partial charge >= 0.3 is 6.18 Å². The minimum atomic E-state index is -4.42. The molecule has 2 amide bonds. The van der Waals surface area contributed by atoms with Crippen LogP contribution >= 0.6 is 11.8 Å². The normalized spacial score (nSPS) is 11.5. The van der Waals surface area contributed by atoms with E-state index in [4.69, 9.17) is 4.74 Å². The van der Waals surface area contributed by atoms with Gasteiger partial charge in [-0.05, 0) is 66.0 Å². The minimum Gasteiger partial charge on any atom is -0.375 e. The van der Waals surface area contributed by atoms with Crippen LogP contribution in [0.4, 0.5) is 17.6 Å². The van der Waals surface area contributed by atoms with Crippen LogP contribution in [0.25, 0.3) is 11.1 Å². The lowest BCUT2D eigenvalue weighted by atomic mass is 10.0. The van der Waals surface area contributed by atoms with E-state index in [0.29, 0.717) is 35.1 Å². The number of hydrogen-bond acceptors (Lipinski definition) is 7. The molecule has 278 valence electrons. The van der Waals surface area contributed by atoms with Gasteiger partial charge in [-0.15, -0.1) is 0 Å². The van der Waals surface area contributed by atoms with E-state index >= 15 is 0 Å². The van der Waals surface area contributed by atoms with Gasteiger partial charge in [-0.2, -0.15) is 18.2 Å². The summed E-state index contributed by atoms with van der Waals surface area (Å²) in [6, 6.07) is 18.3. The number of methoxy groups -OCH3 is 1. The van der Waals surface area contributed by atoms with Crippen LogP contribution in [0.15, 0.2) is 88.9 Å². The van der Waals surface area contributed by atoms with E-state index in [1.807, 2.05) is 38.1 Å². The number of benzene rings is 3. The zero-order chi connectivity index (χ0) is 37.7. The number of likely N-dealkylation sites (N-methyl/N-ethyl adjacent to an activating group) is 1. The average Bonchev–Trinajstić information content (AvgIpc) is 3.12. The molecule has 0 fully saturated rings. The number of halogens is 4. The maximum absolute atomic E-state index is 14.1. The van der Waals surface area contributed by atoms with E-state index in [1.165, 1.54) is 43.1 Å². The average molecular weight is 742 g/mol. The fraction of sp³-hybridized carbons (Fsp3) is 0.368. The zero-order valence-corrected chi connectivity index (χ0v) is 30.2. The predicted octanol–water partition coefficient (Wildman–Crippen LogP) is 6.04. The second-order valence-electron chi connectivity index (χ2n) is 12.0. The quantitative estimate of drug-likeness (QED) is 0.0756. The molecule has 4 aromatic rings. The van der Waals surface area contributed by atoms with Crippen LogP contribution in [0, 0.1) is 5.82 Å². The van der Waals surface area contributed by atoms with Crippen molar-refractivity contribution in [1.82, 2.24) is 24.7 Å². The largest absolute Gasteiger partial charge is 0.416 e. The summed E-state index contributed by atoms with van der Waals surface area (Å²) >= 11 is 1.25. The summed E-state index contributed by atoms with van der Waals surface area (Å²) < 4.78 is 59.1. The predicted molar refractivity (Wildman–Crippen MR) is 193 cm³/mol. The Kier molecular flexibility index (Phi) is 15.0. The number of thioether (sulfide) groups is 1. The third-order valence-corrected chi connectivity index (χ3v) is 9.48. The number of nitrogens with one attached hydrogen (secondary N) is 1. The monoisotopic (exact) mass is 741 g/mol. The van der Waals surface area contributed by atoms with Gasteiger partial charge in [0, 0.05) is 50.8 Å². The van der Waals surface area contributed by atoms with E-state index in [9.17, 15) is 31.9 Å². The van der Waals surface area contributed by atoms with Crippen molar-refractivity contribution in [2.24, 2.45) is 0 Å². The Morgan fingerprint density at radius 3 is 2.12 bits per heavy atom. The molecule has 0 aliphatic heterocycles. The summed E-state index contributed by atoms with van der Waals surface area (Å²) in [5, 5.41) is 3.01. The topological polar surface area (TPSA) is 96.8 Å². The Labute approximate surface area is 305 Å². The molecule has 1 aromatic heterocycles. The molecule has 0 radical (unpaired) electrons. The number of rotatable bonds is 18. The number of amides is 2. The Balaban J connectivity index is 1.58. The Bertz CT molecular complexity index is 1810. The van der Waals surface area contributed by atoms with Gasteiger partial charge in [0.15, 0.2) is 5.16 Å². The van der Waals surface area contributed by atoms with E-state index in [1.54, 1.807) is 27.8 Å². The van der Waals surface area contributed by atoms with E-state index in [2.05, 4.69) is 15.2 Å². The first-order chi connectivity index (χ1) is 24.9. The lowest BCUT2D eigenvalue weighted by Crippen LogP contribution is -2.40. The van der Waals surface area contributed by atoms with Gasteiger partial charge in [-0.3, -0.25) is 14.4 Å². The van der Waals surface area contributed by atoms with Crippen molar-refractivity contribution in [3.63, 3.8) is 0 Å². The highest BCUT2D eigenvalue weighted by molar-refractivity contribution is 7.98. The van der Waals surface area contributed by atoms with Crippen molar-refractivity contribution < 1.29 is 31.9 Å². The molecule has 14 heteroatoms. The molecule has 0 bridgehead atoms. The van der Waals surface area contributed by atoms with Gasteiger partial charge in [0.25, 0.3) is 5.56 Å². The van der Waals surface area contributed by atoms with Crippen LogP contribution in [0.5, 0.6) is 0 Å².